The highest BCUT2D eigenvalue weighted by atomic mass is 32.1. The molecular weight excluding hydrogens is 344 g/mol. The van der Waals surface area contributed by atoms with Crippen LogP contribution >= 0.6 is 11.3 Å². The summed E-state index contributed by atoms with van der Waals surface area (Å²) in [5, 5.41) is 3.46. The van der Waals surface area contributed by atoms with Gasteiger partial charge in [0.2, 0.25) is 5.91 Å². The van der Waals surface area contributed by atoms with Crippen molar-refractivity contribution in [3.05, 3.63) is 40.2 Å². The number of rotatable bonds is 5. The molecule has 1 amide bonds. The number of piperidine rings is 1. The Morgan fingerprint density at radius 2 is 2.04 bits per heavy atom. The van der Waals surface area contributed by atoms with Crippen molar-refractivity contribution in [2.24, 2.45) is 5.92 Å². The maximum absolute atomic E-state index is 11.2. The van der Waals surface area contributed by atoms with Crippen LogP contribution in [0, 0.1) is 19.8 Å². The lowest BCUT2D eigenvalue weighted by Gasteiger charge is -2.38. The van der Waals surface area contributed by atoms with Gasteiger partial charge in [0.1, 0.15) is 0 Å². The molecule has 2 aromatic rings. The minimum absolute atomic E-state index is 0.0692. The fraction of sp³-hybridized carbons (Fsp3) is 0.550. The first kappa shape index (κ1) is 19.0. The number of pyridine rings is 1. The number of thiazole rings is 1. The molecular formula is C20H28N4OS. The zero-order valence-electron chi connectivity index (χ0n) is 16.1. The Hall–Kier alpha value is -1.79. The summed E-state index contributed by atoms with van der Waals surface area (Å²) in [6.45, 7) is 9.98. The second-order valence-corrected chi connectivity index (χ2v) is 8.61. The quantitative estimate of drug-likeness (QED) is 0.863. The molecule has 0 saturated carbocycles. The number of hydrogen-bond acceptors (Lipinski definition) is 5. The number of nitrogens with zero attached hydrogens (tertiary/aromatic N) is 3. The molecule has 0 spiro atoms. The van der Waals surface area contributed by atoms with Crippen LogP contribution < -0.4 is 5.32 Å². The van der Waals surface area contributed by atoms with Crippen LogP contribution in [0.5, 0.6) is 0 Å². The normalized spacial score (nSPS) is 20.9. The number of carbonyl (C=O) groups is 1. The van der Waals surface area contributed by atoms with Gasteiger partial charge in [0, 0.05) is 48.5 Å². The third-order valence-electron chi connectivity index (χ3n) is 4.97. The average molecular weight is 373 g/mol. The van der Waals surface area contributed by atoms with Gasteiger partial charge in [-0.25, -0.2) is 4.98 Å². The highest BCUT2D eigenvalue weighted by Gasteiger charge is 2.26. The molecule has 2 atom stereocenters. The molecule has 1 N–H and O–H groups in total. The van der Waals surface area contributed by atoms with Gasteiger partial charge < -0.3 is 5.32 Å². The molecule has 1 aliphatic rings. The van der Waals surface area contributed by atoms with Gasteiger partial charge in [0.25, 0.3) is 0 Å². The summed E-state index contributed by atoms with van der Waals surface area (Å²) in [4.78, 5) is 23.7. The second-order valence-electron chi connectivity index (χ2n) is 7.50. The third-order valence-corrected chi connectivity index (χ3v) is 5.87. The van der Waals surface area contributed by atoms with Gasteiger partial charge in [-0.15, -0.1) is 11.3 Å². The van der Waals surface area contributed by atoms with E-state index in [1.807, 2.05) is 6.20 Å². The van der Waals surface area contributed by atoms with E-state index in [0.29, 0.717) is 17.1 Å². The number of amides is 1. The van der Waals surface area contributed by atoms with Crippen LogP contribution in [0.4, 0.5) is 5.13 Å². The number of anilines is 1. The standard InChI is InChI=1S/C20H28N4OS/c1-13-7-18(8-14(2)22-13)9-17-6-5-15(3)24(11-17)12-19-10-21-20(26-19)23-16(4)25/h7-8,10,15,17H,5-6,9,11-12H2,1-4H3,(H,21,23,25)/t15-,17-/m0/s1. The average Bonchev–Trinajstić information content (AvgIpc) is 2.96. The molecule has 140 valence electrons. The zero-order valence-corrected chi connectivity index (χ0v) is 16.9. The van der Waals surface area contributed by atoms with Crippen molar-refractivity contribution in [2.45, 2.75) is 59.5 Å². The fourth-order valence-electron chi connectivity index (χ4n) is 3.81. The molecule has 6 heteroatoms. The number of nitrogens with one attached hydrogen (secondary N) is 1. The Morgan fingerprint density at radius 1 is 1.31 bits per heavy atom. The van der Waals surface area contributed by atoms with Crippen LogP contribution in [-0.4, -0.2) is 33.4 Å². The summed E-state index contributed by atoms with van der Waals surface area (Å²) in [7, 11) is 0. The van der Waals surface area contributed by atoms with Gasteiger partial charge in [-0.05, 0) is 63.6 Å². The van der Waals surface area contributed by atoms with Crippen molar-refractivity contribution in [3.8, 4) is 0 Å². The van der Waals surface area contributed by atoms with Gasteiger partial charge in [-0.2, -0.15) is 0 Å². The lowest BCUT2D eigenvalue weighted by atomic mass is 9.88. The van der Waals surface area contributed by atoms with Crippen molar-refractivity contribution in [2.75, 3.05) is 11.9 Å². The van der Waals surface area contributed by atoms with Crippen LogP contribution in [0.3, 0.4) is 0 Å². The van der Waals surface area contributed by atoms with Crippen LogP contribution in [-0.2, 0) is 17.8 Å². The SMILES string of the molecule is CC(=O)Nc1ncc(CN2C[C@H](Cc3cc(C)nc(C)c3)CC[C@@H]2C)s1. The van der Waals surface area contributed by atoms with Crippen molar-refractivity contribution >= 4 is 22.4 Å². The summed E-state index contributed by atoms with van der Waals surface area (Å²) in [6.07, 6.45) is 5.51. The molecule has 1 saturated heterocycles. The van der Waals surface area contributed by atoms with E-state index in [2.05, 4.69) is 53.1 Å². The van der Waals surface area contributed by atoms with E-state index in [1.54, 1.807) is 11.3 Å². The topological polar surface area (TPSA) is 58.1 Å². The summed E-state index contributed by atoms with van der Waals surface area (Å²) < 4.78 is 0. The Morgan fingerprint density at radius 3 is 2.73 bits per heavy atom. The first-order valence-electron chi connectivity index (χ1n) is 9.29. The van der Waals surface area contributed by atoms with Gasteiger partial charge in [-0.3, -0.25) is 14.7 Å². The first-order valence-corrected chi connectivity index (χ1v) is 10.1. The molecule has 3 heterocycles. The van der Waals surface area contributed by atoms with E-state index >= 15 is 0 Å². The zero-order chi connectivity index (χ0) is 18.7. The van der Waals surface area contributed by atoms with E-state index in [9.17, 15) is 4.79 Å². The van der Waals surface area contributed by atoms with E-state index in [1.165, 1.54) is 30.2 Å². The lowest BCUT2D eigenvalue weighted by molar-refractivity contribution is -0.114. The molecule has 0 aliphatic carbocycles. The number of aromatic nitrogens is 2. The fourth-order valence-corrected chi connectivity index (χ4v) is 4.69. The Kier molecular flexibility index (Phi) is 6.04. The summed E-state index contributed by atoms with van der Waals surface area (Å²) in [5.41, 5.74) is 3.62. The summed E-state index contributed by atoms with van der Waals surface area (Å²) >= 11 is 1.57. The molecule has 1 fully saturated rings. The Labute approximate surface area is 159 Å². The molecule has 0 radical (unpaired) electrons. The maximum Gasteiger partial charge on any atom is 0.223 e. The predicted molar refractivity (Wildman–Crippen MR) is 106 cm³/mol. The van der Waals surface area contributed by atoms with E-state index in [0.717, 1.165) is 30.9 Å². The number of carbonyl (C=O) groups excluding carboxylic acids is 1. The van der Waals surface area contributed by atoms with Crippen molar-refractivity contribution in [1.29, 1.82) is 0 Å². The van der Waals surface area contributed by atoms with Gasteiger partial charge in [0.15, 0.2) is 5.13 Å². The second kappa shape index (κ2) is 8.27. The number of hydrogen-bond donors (Lipinski definition) is 1. The molecule has 0 aromatic carbocycles. The van der Waals surface area contributed by atoms with Gasteiger partial charge >= 0.3 is 0 Å². The van der Waals surface area contributed by atoms with Crippen molar-refractivity contribution < 1.29 is 4.79 Å². The van der Waals surface area contributed by atoms with Crippen LogP contribution in [0.1, 0.15) is 48.5 Å². The summed E-state index contributed by atoms with van der Waals surface area (Å²) in [5.74, 6) is 0.607. The van der Waals surface area contributed by atoms with E-state index in [-0.39, 0.29) is 5.91 Å². The molecule has 26 heavy (non-hydrogen) atoms. The molecule has 3 rings (SSSR count). The van der Waals surface area contributed by atoms with Crippen LogP contribution in [0.15, 0.2) is 18.3 Å². The molecule has 1 aliphatic heterocycles. The number of likely N-dealkylation sites (tertiary alicyclic amines) is 1. The van der Waals surface area contributed by atoms with Gasteiger partial charge in [0.05, 0.1) is 0 Å². The smallest absolute Gasteiger partial charge is 0.223 e. The van der Waals surface area contributed by atoms with E-state index < -0.39 is 0 Å². The minimum Gasteiger partial charge on any atom is -0.302 e. The molecule has 0 unspecified atom stereocenters. The molecule has 0 bridgehead atoms. The van der Waals surface area contributed by atoms with Gasteiger partial charge in [-0.1, -0.05) is 0 Å². The largest absolute Gasteiger partial charge is 0.302 e. The molecule has 5 nitrogen and oxygen atoms in total. The number of aryl methyl sites for hydroxylation is 2. The van der Waals surface area contributed by atoms with Crippen LogP contribution in [0.25, 0.3) is 0 Å². The molecule has 2 aromatic heterocycles. The lowest BCUT2D eigenvalue weighted by Crippen LogP contribution is -2.41. The first-order chi connectivity index (χ1) is 12.4. The Bertz CT molecular complexity index is 753. The third kappa shape index (κ3) is 5.11. The van der Waals surface area contributed by atoms with Crippen molar-refractivity contribution in [3.63, 3.8) is 0 Å². The Balaban J connectivity index is 1.62. The summed E-state index contributed by atoms with van der Waals surface area (Å²) in [6, 6.07) is 5.02. The predicted octanol–water partition coefficient (Wildman–Crippen LogP) is 3.96. The minimum atomic E-state index is -0.0692. The monoisotopic (exact) mass is 372 g/mol. The highest BCUT2D eigenvalue weighted by Crippen LogP contribution is 2.28. The highest BCUT2D eigenvalue weighted by molar-refractivity contribution is 7.15. The maximum atomic E-state index is 11.2. The van der Waals surface area contributed by atoms with E-state index in [4.69, 9.17) is 0 Å². The van der Waals surface area contributed by atoms with Crippen molar-refractivity contribution in [1.82, 2.24) is 14.9 Å². The van der Waals surface area contributed by atoms with Crippen LogP contribution in [0.2, 0.25) is 0 Å².